The molecule has 1 saturated heterocycles. The number of rotatable bonds is 8. The molecule has 1 aliphatic heterocycles. The molecule has 1 atom stereocenters. The third-order valence-corrected chi connectivity index (χ3v) is 5.60. The lowest BCUT2D eigenvalue weighted by Gasteiger charge is -2.35. The fourth-order valence-corrected chi connectivity index (χ4v) is 4.35. The summed E-state index contributed by atoms with van der Waals surface area (Å²) in [5, 5.41) is 3.20. The Hall–Kier alpha value is -0.340. The van der Waals surface area contributed by atoms with Crippen molar-refractivity contribution in [1.29, 1.82) is 0 Å². The summed E-state index contributed by atoms with van der Waals surface area (Å²) < 4.78 is 62.3. The number of hydrogen-bond donors (Lipinski definition) is 1. The lowest BCUT2D eigenvalue weighted by Crippen LogP contribution is -2.49. The molecule has 1 aliphatic rings. The number of hydrogen-bond acceptors (Lipinski definition) is 3. The zero-order chi connectivity index (χ0) is 15.9. The highest BCUT2D eigenvalue weighted by Gasteiger charge is 2.33. The van der Waals surface area contributed by atoms with Crippen molar-refractivity contribution in [2.75, 3.05) is 25.4 Å². The average molecular weight is 330 g/mol. The van der Waals surface area contributed by atoms with Crippen LogP contribution in [0.3, 0.4) is 0 Å². The largest absolute Gasteiger partial charge is 0.389 e. The first-order valence-corrected chi connectivity index (χ1v) is 9.14. The standard InChI is InChI=1S/C13H25F3N2O2S/c1-2-8-17-11-12-6-3-4-9-18(12)21(19,20)10-5-7-13(14,15)16/h12,17H,2-11H2,1H3. The second kappa shape index (κ2) is 8.33. The van der Waals surface area contributed by atoms with E-state index in [1.54, 1.807) is 0 Å². The molecule has 1 N–H and O–H groups in total. The van der Waals surface area contributed by atoms with Crippen LogP contribution >= 0.6 is 0 Å². The van der Waals surface area contributed by atoms with E-state index in [2.05, 4.69) is 5.32 Å². The van der Waals surface area contributed by atoms with Crippen LogP contribution in [0.5, 0.6) is 0 Å². The Kier molecular flexibility index (Phi) is 7.42. The molecule has 0 aromatic heterocycles. The fraction of sp³-hybridized carbons (Fsp3) is 1.00. The number of piperidine rings is 1. The monoisotopic (exact) mass is 330 g/mol. The van der Waals surface area contributed by atoms with Crippen LogP contribution in [-0.4, -0.2) is 50.3 Å². The van der Waals surface area contributed by atoms with E-state index >= 15 is 0 Å². The van der Waals surface area contributed by atoms with Gasteiger partial charge in [0.05, 0.1) is 5.75 Å². The number of nitrogens with one attached hydrogen (secondary N) is 1. The molecule has 126 valence electrons. The molecular weight excluding hydrogens is 305 g/mol. The van der Waals surface area contributed by atoms with E-state index < -0.39 is 28.4 Å². The third-order valence-electron chi connectivity index (χ3n) is 3.60. The highest BCUT2D eigenvalue weighted by atomic mass is 32.2. The maximum absolute atomic E-state index is 12.2. The average Bonchev–Trinajstić information content (AvgIpc) is 2.37. The first-order valence-electron chi connectivity index (χ1n) is 7.53. The van der Waals surface area contributed by atoms with Crippen molar-refractivity contribution in [2.24, 2.45) is 0 Å². The minimum Gasteiger partial charge on any atom is -0.315 e. The van der Waals surface area contributed by atoms with Crippen LogP contribution in [0.1, 0.15) is 45.4 Å². The van der Waals surface area contributed by atoms with Gasteiger partial charge in [0.1, 0.15) is 0 Å². The Balaban J connectivity index is 2.55. The SMILES string of the molecule is CCCNCC1CCCCN1S(=O)(=O)CCCC(F)(F)F. The van der Waals surface area contributed by atoms with Gasteiger partial charge in [0.25, 0.3) is 0 Å². The first kappa shape index (κ1) is 18.7. The van der Waals surface area contributed by atoms with Crippen molar-refractivity contribution in [3.05, 3.63) is 0 Å². The van der Waals surface area contributed by atoms with Crippen LogP contribution in [0.2, 0.25) is 0 Å². The van der Waals surface area contributed by atoms with Crippen molar-refractivity contribution in [2.45, 2.75) is 57.7 Å². The third kappa shape index (κ3) is 6.97. The van der Waals surface area contributed by atoms with E-state index in [0.29, 0.717) is 13.1 Å². The Morgan fingerprint density at radius 1 is 1.29 bits per heavy atom. The molecule has 0 aromatic carbocycles. The highest BCUT2D eigenvalue weighted by molar-refractivity contribution is 7.89. The second-order valence-corrected chi connectivity index (χ2v) is 7.54. The molecule has 0 bridgehead atoms. The Morgan fingerprint density at radius 3 is 2.62 bits per heavy atom. The minimum absolute atomic E-state index is 0.124. The predicted octanol–water partition coefficient (Wildman–Crippen LogP) is 2.51. The molecule has 1 heterocycles. The number of halogens is 3. The zero-order valence-electron chi connectivity index (χ0n) is 12.5. The topological polar surface area (TPSA) is 49.4 Å². The van der Waals surface area contributed by atoms with E-state index in [0.717, 1.165) is 32.2 Å². The smallest absolute Gasteiger partial charge is 0.315 e. The van der Waals surface area contributed by atoms with Crippen LogP contribution in [0.4, 0.5) is 13.2 Å². The first-order chi connectivity index (χ1) is 9.76. The van der Waals surface area contributed by atoms with Gasteiger partial charge in [0.2, 0.25) is 10.0 Å². The lowest BCUT2D eigenvalue weighted by atomic mass is 10.1. The van der Waals surface area contributed by atoms with Crippen molar-refractivity contribution >= 4 is 10.0 Å². The summed E-state index contributed by atoms with van der Waals surface area (Å²) in [6, 6.07) is -0.124. The molecule has 0 saturated carbocycles. The van der Waals surface area contributed by atoms with Crippen LogP contribution < -0.4 is 5.32 Å². The van der Waals surface area contributed by atoms with Crippen molar-refractivity contribution in [1.82, 2.24) is 9.62 Å². The van der Waals surface area contributed by atoms with Gasteiger partial charge in [-0.25, -0.2) is 8.42 Å². The number of alkyl halides is 3. The molecule has 0 aliphatic carbocycles. The maximum Gasteiger partial charge on any atom is 0.389 e. The lowest BCUT2D eigenvalue weighted by molar-refractivity contribution is -0.134. The van der Waals surface area contributed by atoms with Crippen LogP contribution in [0, 0.1) is 0 Å². The van der Waals surface area contributed by atoms with Crippen LogP contribution in [0.15, 0.2) is 0 Å². The Morgan fingerprint density at radius 2 is 2.00 bits per heavy atom. The van der Waals surface area contributed by atoms with Gasteiger partial charge >= 0.3 is 6.18 Å². The molecule has 0 aromatic rings. The molecule has 8 heteroatoms. The van der Waals surface area contributed by atoms with Crippen LogP contribution in [0.25, 0.3) is 0 Å². The summed E-state index contributed by atoms with van der Waals surface area (Å²) in [5.41, 5.74) is 0. The fourth-order valence-electron chi connectivity index (χ4n) is 2.56. The highest BCUT2D eigenvalue weighted by Crippen LogP contribution is 2.24. The molecule has 1 rings (SSSR count). The molecule has 0 spiro atoms. The normalized spacial score (nSPS) is 21.6. The van der Waals surface area contributed by atoms with Gasteiger partial charge in [-0.15, -0.1) is 0 Å². The van der Waals surface area contributed by atoms with E-state index in [9.17, 15) is 21.6 Å². The molecule has 0 radical (unpaired) electrons. The molecule has 4 nitrogen and oxygen atoms in total. The molecule has 1 unspecified atom stereocenters. The van der Waals surface area contributed by atoms with Crippen molar-refractivity contribution in [3.8, 4) is 0 Å². The van der Waals surface area contributed by atoms with Crippen LogP contribution in [-0.2, 0) is 10.0 Å². The van der Waals surface area contributed by atoms with E-state index in [4.69, 9.17) is 0 Å². The van der Waals surface area contributed by atoms with Crippen molar-refractivity contribution < 1.29 is 21.6 Å². The number of nitrogens with zero attached hydrogens (tertiary/aromatic N) is 1. The second-order valence-electron chi connectivity index (χ2n) is 5.50. The van der Waals surface area contributed by atoms with Gasteiger partial charge in [0.15, 0.2) is 0 Å². The summed E-state index contributed by atoms with van der Waals surface area (Å²) in [6.07, 6.45) is -2.22. The summed E-state index contributed by atoms with van der Waals surface area (Å²) in [6.45, 7) is 3.84. The molecule has 1 fully saturated rings. The summed E-state index contributed by atoms with van der Waals surface area (Å²) in [5.74, 6) is -0.420. The van der Waals surface area contributed by atoms with Gasteiger partial charge in [-0.1, -0.05) is 13.3 Å². The van der Waals surface area contributed by atoms with E-state index in [-0.39, 0.29) is 12.5 Å². The summed E-state index contributed by atoms with van der Waals surface area (Å²) in [4.78, 5) is 0. The molecular formula is C13H25F3N2O2S. The molecule has 0 amide bonds. The Bertz CT molecular complexity index is 399. The van der Waals surface area contributed by atoms with Gasteiger partial charge in [-0.3, -0.25) is 0 Å². The quantitative estimate of drug-likeness (QED) is 0.696. The maximum atomic E-state index is 12.2. The van der Waals surface area contributed by atoms with Crippen molar-refractivity contribution in [3.63, 3.8) is 0 Å². The number of sulfonamides is 1. The van der Waals surface area contributed by atoms with E-state index in [1.165, 1.54) is 4.31 Å². The summed E-state index contributed by atoms with van der Waals surface area (Å²) in [7, 11) is -3.60. The van der Waals surface area contributed by atoms with Gasteiger partial charge in [-0.2, -0.15) is 17.5 Å². The molecule has 21 heavy (non-hydrogen) atoms. The van der Waals surface area contributed by atoms with Gasteiger partial charge < -0.3 is 5.32 Å². The van der Waals surface area contributed by atoms with Gasteiger partial charge in [0, 0.05) is 25.6 Å². The zero-order valence-corrected chi connectivity index (χ0v) is 13.3. The summed E-state index contributed by atoms with van der Waals surface area (Å²) >= 11 is 0. The predicted molar refractivity (Wildman–Crippen MR) is 76.6 cm³/mol. The van der Waals surface area contributed by atoms with E-state index in [1.807, 2.05) is 6.92 Å². The minimum atomic E-state index is -4.29. The van der Waals surface area contributed by atoms with Gasteiger partial charge in [-0.05, 0) is 32.2 Å². The Labute approximate surface area is 125 Å².